The molecule has 3 rings (SSSR count). The van der Waals surface area contributed by atoms with E-state index in [4.69, 9.17) is 11.0 Å². The van der Waals surface area contributed by atoms with Crippen molar-refractivity contribution in [2.45, 2.75) is 9.79 Å². The maximum Gasteiger partial charge on any atom is 0.296 e. The van der Waals surface area contributed by atoms with E-state index in [0.717, 1.165) is 6.07 Å². The molecular weight excluding hydrogens is 496 g/mol. The second kappa shape index (κ2) is 10.0. The van der Waals surface area contributed by atoms with E-state index in [2.05, 4.69) is 29.8 Å². The van der Waals surface area contributed by atoms with E-state index in [-0.39, 0.29) is 38.4 Å². The minimum atomic E-state index is -4.83. The highest BCUT2D eigenvalue weighted by molar-refractivity contribution is 7.94. The molecule has 0 heterocycles. The van der Waals surface area contributed by atoms with E-state index >= 15 is 0 Å². The molecule has 0 radical (unpaired) electrons. The highest BCUT2D eigenvalue weighted by Gasteiger charge is 2.25. The fourth-order valence-corrected chi connectivity index (χ4v) is 4.04. The van der Waals surface area contributed by atoms with Crippen molar-refractivity contribution in [1.82, 2.24) is 0 Å². The van der Waals surface area contributed by atoms with Gasteiger partial charge in [0.1, 0.15) is 16.3 Å². The highest BCUT2D eigenvalue weighted by Crippen LogP contribution is 2.49. The van der Waals surface area contributed by atoms with Crippen LogP contribution in [0.15, 0.2) is 66.6 Å². The lowest BCUT2D eigenvalue weighted by atomic mass is 10.1. The van der Waals surface area contributed by atoms with Gasteiger partial charge >= 0.3 is 0 Å². The molecule has 0 unspecified atom stereocenters. The first-order valence-corrected chi connectivity index (χ1v) is 11.0. The smallest absolute Gasteiger partial charge is 0.296 e. The first-order valence-electron chi connectivity index (χ1n) is 8.79. The number of non-ortho nitro benzene ring substituents is 1. The summed E-state index contributed by atoms with van der Waals surface area (Å²) in [5, 5.41) is 48.5. The number of phenolic OH excluding ortho intramolecular Hbond substituents is 1. The molecule has 0 atom stereocenters. The van der Waals surface area contributed by atoms with Crippen LogP contribution >= 0.6 is 12.0 Å². The number of anilines is 1. The van der Waals surface area contributed by atoms with Gasteiger partial charge in [-0.15, -0.1) is 9.45 Å². The zero-order chi connectivity index (χ0) is 25.0. The number of aromatic hydroxyl groups is 1. The number of fused-ring (bicyclic) bond motifs is 1. The maximum atomic E-state index is 11.8. The fraction of sp³-hybridized carbons (Fsp3) is 0.0588. The second-order valence-electron chi connectivity index (χ2n) is 6.28. The van der Waals surface area contributed by atoms with Crippen molar-refractivity contribution in [3.63, 3.8) is 0 Å². The molecule has 0 spiro atoms. The van der Waals surface area contributed by atoms with Gasteiger partial charge in [0.2, 0.25) is 0 Å². The number of nitrogen functional groups attached to an aromatic ring is 1. The lowest BCUT2D eigenvalue weighted by Crippen LogP contribution is -2.00. The van der Waals surface area contributed by atoms with Gasteiger partial charge in [-0.25, -0.2) is 5.26 Å². The van der Waals surface area contributed by atoms with Gasteiger partial charge in [0.15, 0.2) is 5.75 Å². The summed E-state index contributed by atoms with van der Waals surface area (Å²) in [7, 11) is -3.61. The summed E-state index contributed by atoms with van der Waals surface area (Å²) in [6.07, 6.45) is 0. The average Bonchev–Trinajstić information content (AvgIpc) is 2.78. The van der Waals surface area contributed by atoms with E-state index in [1.807, 2.05) is 0 Å². The third kappa shape index (κ3) is 5.09. The van der Waals surface area contributed by atoms with Crippen LogP contribution in [0.4, 0.5) is 28.4 Å². The quantitative estimate of drug-likeness (QED) is 0.0608. The number of nitro benzene ring substituents is 1. The normalized spacial score (nSPS) is 12.2. The predicted molar refractivity (Wildman–Crippen MR) is 118 cm³/mol. The number of nitro groups is 1. The maximum absolute atomic E-state index is 11.8. The van der Waals surface area contributed by atoms with E-state index < -0.39 is 31.4 Å². The van der Waals surface area contributed by atoms with Crippen molar-refractivity contribution in [2.75, 3.05) is 12.8 Å². The first kappa shape index (κ1) is 24.9. The number of nitrogens with two attached hydrogens (primary N) is 1. The van der Waals surface area contributed by atoms with Crippen LogP contribution in [0.3, 0.4) is 0 Å². The summed E-state index contributed by atoms with van der Waals surface area (Å²) in [6.45, 7) is 0. The van der Waals surface area contributed by atoms with Crippen molar-refractivity contribution in [2.24, 2.45) is 20.5 Å². The Morgan fingerprint density at radius 1 is 1.12 bits per heavy atom. The zero-order valence-corrected chi connectivity index (χ0v) is 18.5. The standard InChI is InChI=1S/C17H14N6O9S2/c1-19-21-16-12(34(28,29)30)7-8-6-11(33-32-31-27)15(14(18)13(8)17(16)24)22-20-9-2-4-10(5-3-9)23(25)26/h2-7,24,27H,18H2,1H3,(H,28,29,30). The van der Waals surface area contributed by atoms with E-state index in [0.29, 0.717) is 12.0 Å². The Labute approximate surface area is 194 Å². The molecule has 0 amide bonds. The Hall–Kier alpha value is -3.74. The molecule has 178 valence electrons. The molecule has 3 aromatic carbocycles. The summed E-state index contributed by atoms with van der Waals surface area (Å²) in [5.74, 6) is -0.712. The molecule has 0 bridgehead atoms. The molecule has 0 saturated heterocycles. The van der Waals surface area contributed by atoms with Gasteiger partial charge in [-0.05, 0) is 29.7 Å². The molecule has 0 aliphatic carbocycles. The van der Waals surface area contributed by atoms with E-state index in [1.165, 1.54) is 37.4 Å². The Morgan fingerprint density at radius 3 is 2.35 bits per heavy atom. The van der Waals surface area contributed by atoms with Gasteiger partial charge in [0.25, 0.3) is 15.8 Å². The van der Waals surface area contributed by atoms with Gasteiger partial charge in [0, 0.05) is 19.2 Å². The van der Waals surface area contributed by atoms with Gasteiger partial charge in [-0.3, -0.25) is 14.7 Å². The summed E-state index contributed by atoms with van der Waals surface area (Å²) in [6, 6.07) is 7.33. The van der Waals surface area contributed by atoms with Crippen molar-refractivity contribution in [3.8, 4) is 5.75 Å². The van der Waals surface area contributed by atoms with Crippen molar-refractivity contribution in [1.29, 1.82) is 0 Å². The molecule has 0 fully saturated rings. The number of rotatable bonds is 8. The minimum Gasteiger partial charge on any atom is -0.505 e. The predicted octanol–water partition coefficient (Wildman–Crippen LogP) is 4.84. The lowest BCUT2D eigenvalue weighted by molar-refractivity contribution is -0.432. The SMILES string of the molecule is CN=Nc1c(S(=O)(=O)O)cc2cc(SOOO)c(N=Nc3ccc([N+](=O)[O-])cc3)c(N)c2c1O. The van der Waals surface area contributed by atoms with Crippen molar-refractivity contribution >= 4 is 61.4 Å². The second-order valence-corrected chi connectivity index (χ2v) is 8.41. The van der Waals surface area contributed by atoms with Crippen molar-refractivity contribution in [3.05, 3.63) is 46.5 Å². The van der Waals surface area contributed by atoms with Gasteiger partial charge in [-0.2, -0.15) is 23.8 Å². The minimum absolute atomic E-state index is 0.0241. The summed E-state index contributed by atoms with van der Waals surface area (Å²) in [4.78, 5) is 9.52. The van der Waals surface area contributed by atoms with Crippen LogP contribution in [-0.4, -0.2) is 35.3 Å². The molecule has 0 aliphatic heterocycles. The molecule has 17 heteroatoms. The Morgan fingerprint density at radius 2 is 1.79 bits per heavy atom. The van der Waals surface area contributed by atoms with Crippen LogP contribution in [0, 0.1) is 10.1 Å². The van der Waals surface area contributed by atoms with Gasteiger partial charge < -0.3 is 10.8 Å². The first-order chi connectivity index (χ1) is 16.1. The van der Waals surface area contributed by atoms with Crippen LogP contribution in [0.1, 0.15) is 0 Å². The fourth-order valence-electron chi connectivity index (χ4n) is 2.87. The number of hydrogen-bond acceptors (Lipinski definition) is 14. The van der Waals surface area contributed by atoms with Crippen LogP contribution in [0.2, 0.25) is 0 Å². The molecule has 0 saturated carbocycles. The summed E-state index contributed by atoms with van der Waals surface area (Å²) < 4.78 is 37.6. The number of benzene rings is 3. The number of azo groups is 2. The lowest BCUT2D eigenvalue weighted by Gasteiger charge is -2.14. The third-order valence-corrected chi connectivity index (χ3v) is 5.76. The van der Waals surface area contributed by atoms with Crippen LogP contribution < -0.4 is 5.73 Å². The molecule has 15 nitrogen and oxygen atoms in total. The molecule has 3 aromatic rings. The topological polar surface area (TPSA) is 232 Å². The molecular formula is C17H14N6O9S2. The molecule has 0 aromatic heterocycles. The third-order valence-electron chi connectivity index (χ3n) is 4.27. The van der Waals surface area contributed by atoms with Crippen LogP contribution in [-0.2, 0) is 19.5 Å². The highest BCUT2D eigenvalue weighted by atomic mass is 32.2. The van der Waals surface area contributed by atoms with Crippen molar-refractivity contribution < 1.29 is 37.6 Å². The van der Waals surface area contributed by atoms with Gasteiger partial charge in [-0.1, -0.05) is 5.04 Å². The van der Waals surface area contributed by atoms with Gasteiger partial charge in [0.05, 0.1) is 38.6 Å². The summed E-state index contributed by atoms with van der Waals surface area (Å²) >= 11 is 0.420. The Bertz CT molecular complexity index is 1430. The summed E-state index contributed by atoms with van der Waals surface area (Å²) in [5.41, 5.74) is 5.38. The molecule has 0 aliphatic rings. The number of nitrogens with zero attached hydrogens (tertiary/aromatic N) is 5. The van der Waals surface area contributed by atoms with Crippen LogP contribution in [0.5, 0.6) is 5.75 Å². The Balaban J connectivity index is 2.26. The number of hydrogen-bond donors (Lipinski definition) is 4. The number of phenols is 1. The largest absolute Gasteiger partial charge is 0.505 e. The molecule has 5 N–H and O–H groups in total. The monoisotopic (exact) mass is 510 g/mol. The van der Waals surface area contributed by atoms with E-state index in [1.54, 1.807) is 0 Å². The average molecular weight is 510 g/mol. The molecule has 34 heavy (non-hydrogen) atoms. The van der Waals surface area contributed by atoms with E-state index in [9.17, 15) is 28.2 Å². The zero-order valence-electron chi connectivity index (χ0n) is 16.9. The Kier molecular flexibility index (Phi) is 7.35. The van der Waals surface area contributed by atoms with Crippen LogP contribution in [0.25, 0.3) is 10.8 Å².